The standard InChI is InChI=1S/C12H14Br2N2O/c13-8-12(17)9-1-2-11(10(14)7-9)16-5-3-15-4-6-16/h1-2,7,15H,3-6,8H2. The van der Waals surface area contributed by atoms with Gasteiger partial charge in [0.05, 0.1) is 11.0 Å². The Labute approximate surface area is 118 Å². The maximum absolute atomic E-state index is 11.6. The second kappa shape index (κ2) is 5.98. The second-order valence-corrected chi connectivity index (χ2v) is 5.38. The van der Waals surface area contributed by atoms with E-state index in [9.17, 15) is 4.79 Å². The summed E-state index contributed by atoms with van der Waals surface area (Å²) in [6.45, 7) is 4.03. The van der Waals surface area contributed by atoms with Crippen molar-refractivity contribution in [3.8, 4) is 0 Å². The second-order valence-electron chi connectivity index (χ2n) is 3.96. The van der Waals surface area contributed by atoms with Crippen LogP contribution >= 0.6 is 31.9 Å². The van der Waals surface area contributed by atoms with E-state index in [1.165, 1.54) is 0 Å². The van der Waals surface area contributed by atoms with Crippen LogP contribution in [0.3, 0.4) is 0 Å². The predicted octanol–water partition coefficient (Wildman–Crippen LogP) is 2.44. The highest BCUT2D eigenvalue weighted by molar-refractivity contribution is 9.10. The normalized spacial score (nSPS) is 16.0. The van der Waals surface area contributed by atoms with Crippen molar-refractivity contribution in [3.63, 3.8) is 0 Å². The van der Waals surface area contributed by atoms with Crippen LogP contribution in [0.5, 0.6) is 0 Å². The molecule has 92 valence electrons. The molecule has 0 atom stereocenters. The van der Waals surface area contributed by atoms with Gasteiger partial charge in [-0.3, -0.25) is 4.79 Å². The minimum atomic E-state index is 0.109. The molecular formula is C12H14Br2N2O. The van der Waals surface area contributed by atoms with E-state index in [2.05, 4.69) is 42.1 Å². The van der Waals surface area contributed by atoms with Crippen LogP contribution in [-0.2, 0) is 0 Å². The molecule has 5 heteroatoms. The van der Waals surface area contributed by atoms with Gasteiger partial charge in [0.15, 0.2) is 5.78 Å². The molecule has 1 heterocycles. The largest absolute Gasteiger partial charge is 0.368 e. The zero-order valence-electron chi connectivity index (χ0n) is 9.38. The number of anilines is 1. The minimum absolute atomic E-state index is 0.109. The summed E-state index contributed by atoms with van der Waals surface area (Å²) in [6.07, 6.45) is 0. The first-order chi connectivity index (χ1) is 8.22. The smallest absolute Gasteiger partial charge is 0.173 e. The molecule has 0 radical (unpaired) electrons. The maximum atomic E-state index is 11.6. The Balaban J connectivity index is 2.21. The van der Waals surface area contributed by atoms with Gasteiger partial charge < -0.3 is 10.2 Å². The lowest BCUT2D eigenvalue weighted by Gasteiger charge is -2.30. The zero-order chi connectivity index (χ0) is 12.3. The third-order valence-electron chi connectivity index (χ3n) is 2.85. The summed E-state index contributed by atoms with van der Waals surface area (Å²) in [4.78, 5) is 13.9. The summed E-state index contributed by atoms with van der Waals surface area (Å²) in [5.41, 5.74) is 1.91. The lowest BCUT2D eigenvalue weighted by molar-refractivity contribution is 0.102. The van der Waals surface area contributed by atoms with Gasteiger partial charge in [0, 0.05) is 36.2 Å². The fourth-order valence-electron chi connectivity index (χ4n) is 1.92. The van der Waals surface area contributed by atoms with Crippen molar-refractivity contribution in [2.75, 3.05) is 36.4 Å². The Hall–Kier alpha value is -0.390. The number of rotatable bonds is 3. The molecule has 0 spiro atoms. The number of ketones is 1. The average Bonchev–Trinajstić information content (AvgIpc) is 2.38. The van der Waals surface area contributed by atoms with E-state index in [0.717, 1.165) is 41.9 Å². The number of hydrogen-bond acceptors (Lipinski definition) is 3. The number of nitrogens with zero attached hydrogens (tertiary/aromatic N) is 1. The van der Waals surface area contributed by atoms with E-state index in [1.807, 2.05) is 18.2 Å². The average molecular weight is 362 g/mol. The molecule has 0 amide bonds. The highest BCUT2D eigenvalue weighted by atomic mass is 79.9. The Morgan fingerprint density at radius 1 is 1.35 bits per heavy atom. The van der Waals surface area contributed by atoms with E-state index in [4.69, 9.17) is 0 Å². The van der Waals surface area contributed by atoms with Crippen molar-refractivity contribution in [2.24, 2.45) is 0 Å². The number of benzene rings is 1. The number of halogens is 2. The molecule has 1 N–H and O–H groups in total. The van der Waals surface area contributed by atoms with Crippen LogP contribution in [0, 0.1) is 0 Å². The molecule has 0 saturated carbocycles. The van der Waals surface area contributed by atoms with Crippen molar-refractivity contribution in [1.29, 1.82) is 0 Å². The molecular weight excluding hydrogens is 348 g/mol. The number of carbonyl (C=O) groups excluding carboxylic acids is 1. The molecule has 1 aliphatic rings. The van der Waals surface area contributed by atoms with E-state index >= 15 is 0 Å². The number of nitrogens with one attached hydrogen (secondary N) is 1. The summed E-state index contributed by atoms with van der Waals surface area (Å²) >= 11 is 6.74. The monoisotopic (exact) mass is 360 g/mol. The van der Waals surface area contributed by atoms with E-state index in [1.54, 1.807) is 0 Å². The summed E-state index contributed by atoms with van der Waals surface area (Å²) in [7, 11) is 0. The molecule has 1 aromatic rings. The van der Waals surface area contributed by atoms with Crippen LogP contribution in [0.1, 0.15) is 10.4 Å². The number of carbonyl (C=O) groups is 1. The molecule has 2 rings (SSSR count). The van der Waals surface area contributed by atoms with Crippen LogP contribution < -0.4 is 10.2 Å². The van der Waals surface area contributed by atoms with Crippen molar-refractivity contribution in [2.45, 2.75) is 0 Å². The summed E-state index contributed by atoms with van der Waals surface area (Å²) in [5.74, 6) is 0.109. The van der Waals surface area contributed by atoms with Crippen LogP contribution in [0.4, 0.5) is 5.69 Å². The number of alkyl halides is 1. The Morgan fingerprint density at radius 2 is 2.06 bits per heavy atom. The SMILES string of the molecule is O=C(CBr)c1ccc(N2CCNCC2)c(Br)c1. The van der Waals surface area contributed by atoms with E-state index in [0.29, 0.717) is 5.33 Å². The fraction of sp³-hybridized carbons (Fsp3) is 0.417. The molecule has 3 nitrogen and oxygen atoms in total. The van der Waals surface area contributed by atoms with Gasteiger partial charge in [-0.2, -0.15) is 0 Å². The molecule has 0 unspecified atom stereocenters. The third-order valence-corrected chi connectivity index (χ3v) is 3.99. The van der Waals surface area contributed by atoms with Crippen LogP contribution in [0.15, 0.2) is 22.7 Å². The molecule has 0 aliphatic carbocycles. The highest BCUT2D eigenvalue weighted by Crippen LogP contribution is 2.28. The van der Waals surface area contributed by atoms with E-state index in [-0.39, 0.29) is 5.78 Å². The predicted molar refractivity (Wildman–Crippen MR) is 77.3 cm³/mol. The van der Waals surface area contributed by atoms with Crippen LogP contribution in [0.25, 0.3) is 0 Å². The van der Waals surface area contributed by atoms with Crippen molar-refractivity contribution >= 4 is 43.3 Å². The van der Waals surface area contributed by atoms with Crippen LogP contribution in [-0.4, -0.2) is 37.3 Å². The van der Waals surface area contributed by atoms with Crippen molar-refractivity contribution < 1.29 is 4.79 Å². The summed E-state index contributed by atoms with van der Waals surface area (Å²) < 4.78 is 0.992. The molecule has 1 fully saturated rings. The molecule has 1 aromatic carbocycles. The maximum Gasteiger partial charge on any atom is 0.173 e. The van der Waals surface area contributed by atoms with Crippen molar-refractivity contribution in [1.82, 2.24) is 5.32 Å². The topological polar surface area (TPSA) is 32.3 Å². The van der Waals surface area contributed by atoms with E-state index < -0.39 is 0 Å². The van der Waals surface area contributed by atoms with Gasteiger partial charge in [0.25, 0.3) is 0 Å². The van der Waals surface area contributed by atoms with Gasteiger partial charge in [-0.15, -0.1) is 0 Å². The van der Waals surface area contributed by atoms with Crippen molar-refractivity contribution in [3.05, 3.63) is 28.2 Å². The Bertz CT molecular complexity index is 417. The van der Waals surface area contributed by atoms with Crippen LogP contribution in [0.2, 0.25) is 0 Å². The van der Waals surface area contributed by atoms with Gasteiger partial charge in [-0.1, -0.05) is 15.9 Å². The Morgan fingerprint density at radius 3 is 2.65 bits per heavy atom. The summed E-state index contributed by atoms with van der Waals surface area (Å²) in [5, 5.41) is 3.69. The summed E-state index contributed by atoms with van der Waals surface area (Å²) in [6, 6.07) is 5.82. The molecule has 1 aliphatic heterocycles. The minimum Gasteiger partial charge on any atom is -0.368 e. The van der Waals surface area contributed by atoms with Gasteiger partial charge in [-0.05, 0) is 34.1 Å². The molecule has 0 aromatic heterocycles. The molecule has 1 saturated heterocycles. The third kappa shape index (κ3) is 3.09. The first kappa shape index (κ1) is 13.1. The number of hydrogen-bond donors (Lipinski definition) is 1. The number of Topliss-reactive ketones (excluding diaryl/α,β-unsaturated/α-hetero) is 1. The van der Waals surface area contributed by atoms with Gasteiger partial charge >= 0.3 is 0 Å². The molecule has 0 bridgehead atoms. The lowest BCUT2D eigenvalue weighted by Crippen LogP contribution is -2.43. The highest BCUT2D eigenvalue weighted by Gasteiger charge is 2.14. The first-order valence-corrected chi connectivity index (χ1v) is 7.48. The van der Waals surface area contributed by atoms with Gasteiger partial charge in [0.1, 0.15) is 0 Å². The Kier molecular flexibility index (Phi) is 4.59. The number of piperazine rings is 1. The first-order valence-electron chi connectivity index (χ1n) is 5.57. The lowest BCUT2D eigenvalue weighted by atomic mass is 10.1. The van der Waals surface area contributed by atoms with Gasteiger partial charge in [0.2, 0.25) is 0 Å². The quantitative estimate of drug-likeness (QED) is 0.663. The zero-order valence-corrected chi connectivity index (χ0v) is 12.6. The molecule has 17 heavy (non-hydrogen) atoms. The van der Waals surface area contributed by atoms with Gasteiger partial charge in [-0.25, -0.2) is 0 Å². The fourth-order valence-corrected chi connectivity index (χ4v) is 2.87.